The highest BCUT2D eigenvalue weighted by atomic mass is 35.5. The number of hydrogen-bond acceptors (Lipinski definition) is 1. The van der Waals surface area contributed by atoms with Crippen LogP contribution in [0.25, 0.3) is 0 Å². The first-order valence-electron chi connectivity index (χ1n) is 5.70. The average molecular weight is 225 g/mol. The summed E-state index contributed by atoms with van der Waals surface area (Å²) in [4.78, 5) is 0. The zero-order chi connectivity index (χ0) is 10.5. The van der Waals surface area contributed by atoms with E-state index in [0.717, 1.165) is 11.3 Å². The standard InChI is InChI=1S/C13H17ClO/c14-10-11-6-8-13(9-7-11)15-12-4-2-1-3-5-12/h6-9,12H,1-5,10H2. The Labute approximate surface area is 96.4 Å². The number of hydrogen-bond donors (Lipinski definition) is 0. The van der Waals surface area contributed by atoms with Crippen LogP contribution < -0.4 is 4.74 Å². The minimum Gasteiger partial charge on any atom is -0.490 e. The molecule has 1 aromatic rings. The van der Waals surface area contributed by atoms with E-state index < -0.39 is 0 Å². The first-order valence-corrected chi connectivity index (χ1v) is 6.23. The van der Waals surface area contributed by atoms with Crippen LogP contribution >= 0.6 is 11.6 Å². The molecule has 0 saturated heterocycles. The number of alkyl halides is 1. The van der Waals surface area contributed by atoms with Crippen LogP contribution in [0.1, 0.15) is 37.7 Å². The SMILES string of the molecule is ClCc1ccc(OC2CCCCC2)cc1. The largest absolute Gasteiger partial charge is 0.490 e. The molecule has 0 radical (unpaired) electrons. The molecule has 1 aromatic carbocycles. The Hall–Kier alpha value is -0.690. The van der Waals surface area contributed by atoms with Crippen molar-refractivity contribution < 1.29 is 4.74 Å². The van der Waals surface area contributed by atoms with E-state index in [1.165, 1.54) is 32.1 Å². The lowest BCUT2D eigenvalue weighted by Crippen LogP contribution is -2.19. The van der Waals surface area contributed by atoms with Crippen molar-refractivity contribution in [3.63, 3.8) is 0 Å². The molecular weight excluding hydrogens is 208 g/mol. The quantitative estimate of drug-likeness (QED) is 0.702. The van der Waals surface area contributed by atoms with Gasteiger partial charge in [0.2, 0.25) is 0 Å². The van der Waals surface area contributed by atoms with Crippen molar-refractivity contribution in [2.24, 2.45) is 0 Å². The molecule has 0 heterocycles. The van der Waals surface area contributed by atoms with E-state index in [-0.39, 0.29) is 0 Å². The van der Waals surface area contributed by atoms with Crippen LogP contribution in [-0.2, 0) is 5.88 Å². The summed E-state index contributed by atoms with van der Waals surface area (Å²) in [7, 11) is 0. The molecule has 0 spiro atoms. The Bertz CT molecular complexity index is 288. The lowest BCUT2D eigenvalue weighted by Gasteiger charge is -2.22. The molecule has 0 unspecified atom stereocenters. The van der Waals surface area contributed by atoms with Gasteiger partial charge in [-0.3, -0.25) is 0 Å². The Balaban J connectivity index is 1.91. The number of halogens is 1. The number of benzene rings is 1. The van der Waals surface area contributed by atoms with Crippen LogP contribution in [0, 0.1) is 0 Å². The van der Waals surface area contributed by atoms with E-state index in [9.17, 15) is 0 Å². The first kappa shape index (κ1) is 10.8. The average Bonchev–Trinajstić information content (AvgIpc) is 2.31. The van der Waals surface area contributed by atoms with E-state index in [4.69, 9.17) is 16.3 Å². The molecule has 1 aliphatic carbocycles. The molecule has 0 amide bonds. The molecule has 1 aliphatic rings. The third-order valence-electron chi connectivity index (χ3n) is 2.93. The summed E-state index contributed by atoms with van der Waals surface area (Å²) in [5.41, 5.74) is 1.15. The van der Waals surface area contributed by atoms with Crippen molar-refractivity contribution in [1.82, 2.24) is 0 Å². The summed E-state index contributed by atoms with van der Waals surface area (Å²) >= 11 is 5.73. The monoisotopic (exact) mass is 224 g/mol. The first-order chi connectivity index (χ1) is 7.38. The van der Waals surface area contributed by atoms with Gasteiger partial charge in [0.05, 0.1) is 6.10 Å². The fraction of sp³-hybridized carbons (Fsp3) is 0.538. The fourth-order valence-electron chi connectivity index (χ4n) is 2.03. The third kappa shape index (κ3) is 3.13. The van der Waals surface area contributed by atoms with Crippen LogP contribution in [0.4, 0.5) is 0 Å². The highest BCUT2D eigenvalue weighted by Gasteiger charge is 2.14. The zero-order valence-electron chi connectivity index (χ0n) is 8.92. The van der Waals surface area contributed by atoms with Crippen LogP contribution in [-0.4, -0.2) is 6.10 Å². The van der Waals surface area contributed by atoms with Gasteiger partial charge in [0.1, 0.15) is 5.75 Å². The van der Waals surface area contributed by atoms with Gasteiger partial charge in [0.25, 0.3) is 0 Å². The Kier molecular flexibility index (Phi) is 3.90. The van der Waals surface area contributed by atoms with Crippen LogP contribution in [0.2, 0.25) is 0 Å². The number of rotatable bonds is 3. The van der Waals surface area contributed by atoms with Gasteiger partial charge in [-0.1, -0.05) is 18.6 Å². The van der Waals surface area contributed by atoms with Crippen LogP contribution in [0.15, 0.2) is 24.3 Å². The van der Waals surface area contributed by atoms with Crippen molar-refractivity contribution in [2.75, 3.05) is 0 Å². The zero-order valence-corrected chi connectivity index (χ0v) is 9.67. The second kappa shape index (κ2) is 5.41. The lowest BCUT2D eigenvalue weighted by molar-refractivity contribution is 0.155. The molecule has 82 valence electrons. The molecule has 0 atom stereocenters. The molecular formula is C13H17ClO. The van der Waals surface area contributed by atoms with Crippen molar-refractivity contribution in [3.8, 4) is 5.75 Å². The maximum Gasteiger partial charge on any atom is 0.119 e. The van der Waals surface area contributed by atoms with Gasteiger partial charge < -0.3 is 4.74 Å². The highest BCUT2D eigenvalue weighted by Crippen LogP contribution is 2.23. The minimum absolute atomic E-state index is 0.431. The summed E-state index contributed by atoms with van der Waals surface area (Å²) < 4.78 is 5.91. The van der Waals surface area contributed by atoms with Gasteiger partial charge in [-0.2, -0.15) is 0 Å². The topological polar surface area (TPSA) is 9.23 Å². The van der Waals surface area contributed by atoms with Crippen molar-refractivity contribution in [1.29, 1.82) is 0 Å². The van der Waals surface area contributed by atoms with E-state index in [0.29, 0.717) is 12.0 Å². The molecule has 2 rings (SSSR count). The van der Waals surface area contributed by atoms with E-state index in [2.05, 4.69) is 0 Å². The van der Waals surface area contributed by atoms with Crippen LogP contribution in [0.5, 0.6) is 5.75 Å². The third-order valence-corrected chi connectivity index (χ3v) is 3.24. The number of ether oxygens (including phenoxy) is 1. The van der Waals surface area contributed by atoms with Gasteiger partial charge in [0.15, 0.2) is 0 Å². The molecule has 2 heteroatoms. The normalized spacial score (nSPS) is 17.7. The van der Waals surface area contributed by atoms with Crippen molar-refractivity contribution >= 4 is 11.6 Å². The van der Waals surface area contributed by atoms with Gasteiger partial charge in [-0.05, 0) is 43.4 Å². The minimum atomic E-state index is 0.431. The summed E-state index contributed by atoms with van der Waals surface area (Å²) in [5.74, 6) is 1.56. The van der Waals surface area contributed by atoms with Crippen LogP contribution in [0.3, 0.4) is 0 Å². The van der Waals surface area contributed by atoms with E-state index in [1.807, 2.05) is 24.3 Å². The summed E-state index contributed by atoms with van der Waals surface area (Å²) in [6.45, 7) is 0. The lowest BCUT2D eigenvalue weighted by atomic mass is 9.98. The van der Waals surface area contributed by atoms with Crippen molar-refractivity contribution in [2.45, 2.75) is 44.1 Å². The maximum atomic E-state index is 5.91. The Morgan fingerprint density at radius 1 is 1.07 bits per heavy atom. The summed E-state index contributed by atoms with van der Waals surface area (Å²) in [6, 6.07) is 8.11. The van der Waals surface area contributed by atoms with Crippen molar-refractivity contribution in [3.05, 3.63) is 29.8 Å². The molecule has 1 nitrogen and oxygen atoms in total. The van der Waals surface area contributed by atoms with E-state index >= 15 is 0 Å². The van der Waals surface area contributed by atoms with E-state index in [1.54, 1.807) is 0 Å². The molecule has 0 aliphatic heterocycles. The van der Waals surface area contributed by atoms with Gasteiger partial charge in [-0.25, -0.2) is 0 Å². The Morgan fingerprint density at radius 3 is 2.33 bits per heavy atom. The molecule has 0 N–H and O–H groups in total. The molecule has 1 saturated carbocycles. The smallest absolute Gasteiger partial charge is 0.119 e. The second-order valence-corrected chi connectivity index (χ2v) is 4.42. The van der Waals surface area contributed by atoms with Gasteiger partial charge >= 0.3 is 0 Å². The predicted octanol–water partition coefficient (Wildman–Crippen LogP) is 4.14. The fourth-order valence-corrected chi connectivity index (χ4v) is 2.21. The molecule has 0 bridgehead atoms. The predicted molar refractivity (Wildman–Crippen MR) is 63.5 cm³/mol. The maximum absolute atomic E-state index is 5.91. The second-order valence-electron chi connectivity index (χ2n) is 4.16. The summed E-state index contributed by atoms with van der Waals surface area (Å²) in [6.07, 6.45) is 6.83. The summed E-state index contributed by atoms with van der Waals surface area (Å²) in [5, 5.41) is 0. The molecule has 1 fully saturated rings. The van der Waals surface area contributed by atoms with Gasteiger partial charge in [0, 0.05) is 5.88 Å². The molecule has 0 aromatic heterocycles. The van der Waals surface area contributed by atoms with Gasteiger partial charge in [-0.15, -0.1) is 11.6 Å². The Morgan fingerprint density at radius 2 is 1.73 bits per heavy atom. The molecule has 15 heavy (non-hydrogen) atoms. The highest BCUT2D eigenvalue weighted by molar-refractivity contribution is 6.17.